The highest BCUT2D eigenvalue weighted by Gasteiger charge is 2.12. The van der Waals surface area contributed by atoms with Gasteiger partial charge in [0.1, 0.15) is 11.6 Å². The first-order valence-electron chi connectivity index (χ1n) is 7.06. The van der Waals surface area contributed by atoms with Crippen LogP contribution in [0, 0.1) is 5.82 Å². The SMILES string of the molecule is C/C(=N\NC(=O)c1cc(Br)ccc1O)c1cc2cccc(F)c2[nH]1. The Hall–Kier alpha value is -2.67. The molecular formula is C17H13BrFN3O2. The lowest BCUT2D eigenvalue weighted by molar-refractivity contribution is 0.0952. The first kappa shape index (κ1) is 16.2. The molecule has 0 unspecified atom stereocenters. The van der Waals surface area contributed by atoms with E-state index in [4.69, 9.17) is 0 Å². The van der Waals surface area contributed by atoms with Crippen LogP contribution in [0.1, 0.15) is 23.0 Å². The molecule has 0 fully saturated rings. The molecule has 3 N–H and O–H groups in total. The van der Waals surface area contributed by atoms with E-state index < -0.39 is 5.91 Å². The minimum absolute atomic E-state index is 0.101. The van der Waals surface area contributed by atoms with Crippen molar-refractivity contribution in [1.29, 1.82) is 0 Å². The first-order valence-corrected chi connectivity index (χ1v) is 7.86. The predicted molar refractivity (Wildman–Crippen MR) is 93.7 cm³/mol. The molecule has 1 amide bonds. The van der Waals surface area contributed by atoms with E-state index in [2.05, 4.69) is 31.4 Å². The number of benzene rings is 2. The number of aromatic hydroxyl groups is 1. The fourth-order valence-corrected chi connectivity index (χ4v) is 2.62. The number of hydrogen-bond acceptors (Lipinski definition) is 3. The van der Waals surface area contributed by atoms with Crippen molar-refractivity contribution in [2.75, 3.05) is 0 Å². The van der Waals surface area contributed by atoms with Crippen molar-refractivity contribution in [3.8, 4) is 5.75 Å². The number of H-pyrrole nitrogens is 1. The first-order chi connectivity index (χ1) is 11.5. The Morgan fingerprint density at radius 2 is 2.08 bits per heavy atom. The number of hydrazone groups is 1. The van der Waals surface area contributed by atoms with Gasteiger partial charge in [-0.2, -0.15) is 5.10 Å². The number of aromatic amines is 1. The van der Waals surface area contributed by atoms with Crippen molar-refractivity contribution in [1.82, 2.24) is 10.4 Å². The zero-order valence-electron chi connectivity index (χ0n) is 12.6. The number of fused-ring (bicyclic) bond motifs is 1. The molecule has 0 aliphatic carbocycles. The van der Waals surface area contributed by atoms with Gasteiger partial charge in [-0.25, -0.2) is 9.82 Å². The lowest BCUT2D eigenvalue weighted by Crippen LogP contribution is -2.19. The summed E-state index contributed by atoms with van der Waals surface area (Å²) in [7, 11) is 0. The van der Waals surface area contributed by atoms with E-state index in [1.54, 1.807) is 31.2 Å². The molecule has 0 atom stereocenters. The molecule has 1 heterocycles. The fraction of sp³-hybridized carbons (Fsp3) is 0.0588. The number of phenolic OH excluding ortho intramolecular Hbond substituents is 1. The maximum atomic E-state index is 13.7. The van der Waals surface area contributed by atoms with E-state index in [1.807, 2.05) is 0 Å². The number of carbonyl (C=O) groups is 1. The van der Waals surface area contributed by atoms with Gasteiger partial charge in [0.15, 0.2) is 0 Å². The molecule has 24 heavy (non-hydrogen) atoms. The highest BCUT2D eigenvalue weighted by atomic mass is 79.9. The molecule has 122 valence electrons. The summed E-state index contributed by atoms with van der Waals surface area (Å²) >= 11 is 3.24. The number of para-hydroxylation sites is 1. The van der Waals surface area contributed by atoms with Crippen LogP contribution in [-0.4, -0.2) is 21.7 Å². The zero-order valence-corrected chi connectivity index (χ0v) is 14.2. The molecule has 2 aromatic carbocycles. The van der Waals surface area contributed by atoms with Crippen LogP contribution in [-0.2, 0) is 0 Å². The topological polar surface area (TPSA) is 77.5 Å². The summed E-state index contributed by atoms with van der Waals surface area (Å²) in [5.74, 6) is -1.04. The summed E-state index contributed by atoms with van der Waals surface area (Å²) in [5, 5.41) is 14.5. The monoisotopic (exact) mass is 389 g/mol. The number of halogens is 2. The summed E-state index contributed by atoms with van der Waals surface area (Å²) in [6.45, 7) is 1.68. The van der Waals surface area contributed by atoms with Gasteiger partial charge < -0.3 is 10.1 Å². The Kier molecular flexibility index (Phi) is 4.35. The summed E-state index contributed by atoms with van der Waals surface area (Å²) in [5.41, 5.74) is 3.94. The highest BCUT2D eigenvalue weighted by molar-refractivity contribution is 9.10. The normalized spacial score (nSPS) is 11.7. The highest BCUT2D eigenvalue weighted by Crippen LogP contribution is 2.22. The molecule has 3 rings (SSSR count). The number of nitrogens with one attached hydrogen (secondary N) is 2. The lowest BCUT2D eigenvalue weighted by Gasteiger charge is -2.04. The van der Waals surface area contributed by atoms with Gasteiger partial charge in [-0.15, -0.1) is 0 Å². The van der Waals surface area contributed by atoms with Crippen LogP contribution in [0.2, 0.25) is 0 Å². The van der Waals surface area contributed by atoms with E-state index in [-0.39, 0.29) is 17.1 Å². The van der Waals surface area contributed by atoms with E-state index in [1.165, 1.54) is 18.2 Å². The van der Waals surface area contributed by atoms with Crippen LogP contribution in [0.25, 0.3) is 10.9 Å². The number of hydrogen-bond donors (Lipinski definition) is 3. The third-order valence-electron chi connectivity index (χ3n) is 3.52. The number of amides is 1. The second-order valence-electron chi connectivity index (χ2n) is 5.19. The van der Waals surface area contributed by atoms with Gasteiger partial charge in [-0.3, -0.25) is 4.79 Å². The van der Waals surface area contributed by atoms with E-state index in [0.717, 1.165) is 5.39 Å². The summed E-state index contributed by atoms with van der Waals surface area (Å²) < 4.78 is 14.4. The van der Waals surface area contributed by atoms with E-state index >= 15 is 0 Å². The standard InChI is InChI=1S/C17H13BrFN3O2/c1-9(14-7-10-3-2-4-13(19)16(10)20-14)21-22-17(24)12-8-11(18)5-6-15(12)23/h2-8,20,23H,1H3,(H,22,24)/b21-9+. The molecular weight excluding hydrogens is 377 g/mol. The second-order valence-corrected chi connectivity index (χ2v) is 6.10. The minimum atomic E-state index is -0.546. The van der Waals surface area contributed by atoms with Crippen LogP contribution in [0.4, 0.5) is 4.39 Å². The van der Waals surface area contributed by atoms with Gasteiger partial charge in [0.05, 0.1) is 22.5 Å². The van der Waals surface area contributed by atoms with Gasteiger partial charge in [0.2, 0.25) is 0 Å². The van der Waals surface area contributed by atoms with Crippen molar-refractivity contribution in [3.63, 3.8) is 0 Å². The number of nitrogens with zero attached hydrogens (tertiary/aromatic N) is 1. The van der Waals surface area contributed by atoms with Crippen LogP contribution >= 0.6 is 15.9 Å². The molecule has 0 bridgehead atoms. The third kappa shape index (κ3) is 3.16. The molecule has 0 aliphatic rings. The molecule has 0 radical (unpaired) electrons. The Labute approximate surface area is 145 Å². The van der Waals surface area contributed by atoms with Crippen LogP contribution in [0.5, 0.6) is 5.75 Å². The molecule has 3 aromatic rings. The average Bonchev–Trinajstić information content (AvgIpc) is 3.00. The molecule has 0 saturated carbocycles. The van der Waals surface area contributed by atoms with Crippen molar-refractivity contribution in [2.24, 2.45) is 5.10 Å². The van der Waals surface area contributed by atoms with Crippen LogP contribution in [0.15, 0.2) is 52.0 Å². The molecule has 0 aliphatic heterocycles. The van der Waals surface area contributed by atoms with Crippen molar-refractivity contribution in [3.05, 3.63) is 64.0 Å². The van der Waals surface area contributed by atoms with Gasteiger partial charge in [-0.1, -0.05) is 28.1 Å². The molecule has 1 aromatic heterocycles. The van der Waals surface area contributed by atoms with Crippen molar-refractivity contribution in [2.45, 2.75) is 6.92 Å². The third-order valence-corrected chi connectivity index (χ3v) is 4.02. The second kappa shape index (κ2) is 6.45. The van der Waals surface area contributed by atoms with Gasteiger partial charge in [0.25, 0.3) is 5.91 Å². The summed E-state index contributed by atoms with van der Waals surface area (Å²) in [4.78, 5) is 15.0. The Bertz CT molecular complexity index is 966. The van der Waals surface area contributed by atoms with Gasteiger partial charge in [-0.05, 0) is 37.3 Å². The zero-order chi connectivity index (χ0) is 17.3. The van der Waals surface area contributed by atoms with Crippen LogP contribution < -0.4 is 5.43 Å². The summed E-state index contributed by atoms with van der Waals surface area (Å²) in [6.07, 6.45) is 0. The quantitative estimate of drug-likeness (QED) is 0.468. The average molecular weight is 390 g/mol. The molecule has 7 heteroatoms. The van der Waals surface area contributed by atoms with Gasteiger partial charge in [0, 0.05) is 9.86 Å². The fourth-order valence-electron chi connectivity index (χ4n) is 2.26. The lowest BCUT2D eigenvalue weighted by atomic mass is 10.2. The van der Waals surface area contributed by atoms with Gasteiger partial charge >= 0.3 is 0 Å². The van der Waals surface area contributed by atoms with Crippen molar-refractivity contribution >= 4 is 38.5 Å². The van der Waals surface area contributed by atoms with Crippen molar-refractivity contribution < 1.29 is 14.3 Å². The number of carbonyl (C=O) groups excluding carboxylic acids is 1. The van der Waals surface area contributed by atoms with E-state index in [9.17, 15) is 14.3 Å². The minimum Gasteiger partial charge on any atom is -0.507 e. The molecule has 5 nitrogen and oxygen atoms in total. The smallest absolute Gasteiger partial charge is 0.275 e. The maximum Gasteiger partial charge on any atom is 0.275 e. The number of phenols is 1. The largest absolute Gasteiger partial charge is 0.507 e. The molecule has 0 spiro atoms. The maximum absolute atomic E-state index is 13.7. The Morgan fingerprint density at radius 3 is 2.83 bits per heavy atom. The predicted octanol–water partition coefficient (Wildman–Crippen LogP) is 3.93. The molecule has 0 saturated heterocycles. The Balaban J connectivity index is 1.83. The Morgan fingerprint density at radius 1 is 1.29 bits per heavy atom. The van der Waals surface area contributed by atoms with E-state index in [0.29, 0.717) is 21.4 Å². The summed E-state index contributed by atoms with van der Waals surface area (Å²) in [6, 6.07) is 11.1. The number of rotatable bonds is 3. The number of aromatic nitrogens is 1. The van der Waals surface area contributed by atoms with Crippen LogP contribution in [0.3, 0.4) is 0 Å².